The molecule has 1 aromatic rings. The van der Waals surface area contributed by atoms with E-state index in [0.29, 0.717) is 0 Å². The molecule has 6 nitrogen and oxygen atoms in total. The van der Waals surface area contributed by atoms with Crippen molar-refractivity contribution in [1.82, 2.24) is 0 Å². The molecule has 0 saturated heterocycles. The number of azide groups is 2. The van der Waals surface area contributed by atoms with Gasteiger partial charge in [0.25, 0.3) is 0 Å². The Balaban J connectivity index is 3.43. The number of hydrogen-bond acceptors (Lipinski definition) is 2. The van der Waals surface area contributed by atoms with Crippen molar-refractivity contribution in [3.05, 3.63) is 55.3 Å². The highest BCUT2D eigenvalue weighted by molar-refractivity contribution is 5.30. The molecule has 0 aliphatic heterocycles. The molecule has 0 aromatic heterocycles. The van der Waals surface area contributed by atoms with Crippen molar-refractivity contribution in [2.24, 2.45) is 10.2 Å². The lowest BCUT2D eigenvalue weighted by molar-refractivity contribution is 0.426. The number of benzene rings is 1. The Labute approximate surface area is 97.1 Å². The highest BCUT2D eigenvalue weighted by Crippen LogP contribution is 2.25. The third kappa shape index (κ3) is 2.45. The second kappa shape index (κ2) is 5.76. The van der Waals surface area contributed by atoms with Gasteiger partial charge in [-0.2, -0.15) is 0 Å². The average Bonchev–Trinajstić information content (AvgIpc) is 2.37. The van der Waals surface area contributed by atoms with E-state index in [2.05, 4.69) is 20.1 Å². The quantitative estimate of drug-likeness (QED) is 0.258. The van der Waals surface area contributed by atoms with Crippen LogP contribution in [0.1, 0.15) is 11.1 Å². The molecular weight excluding hydrogens is 256 g/mol. The Morgan fingerprint density at radius 1 is 0.722 bits per heavy atom. The minimum atomic E-state index is -1.68. The van der Waals surface area contributed by atoms with Crippen molar-refractivity contribution in [2.75, 3.05) is 0 Å². The molecule has 0 aliphatic carbocycles. The monoisotopic (exact) mass is 260 g/mol. The fourth-order valence-electron chi connectivity index (χ4n) is 1.20. The normalized spacial score (nSPS) is 9.56. The molecule has 0 spiro atoms. The molecule has 0 fully saturated rings. The van der Waals surface area contributed by atoms with Gasteiger partial charge in [-0.15, -0.1) is 0 Å². The first kappa shape index (κ1) is 13.6. The first-order chi connectivity index (χ1) is 8.54. The van der Waals surface area contributed by atoms with Crippen LogP contribution in [0.15, 0.2) is 10.2 Å². The highest BCUT2D eigenvalue weighted by atomic mass is 19.2. The van der Waals surface area contributed by atoms with E-state index < -0.39 is 47.5 Å². The van der Waals surface area contributed by atoms with Crippen LogP contribution in [0.3, 0.4) is 0 Å². The summed E-state index contributed by atoms with van der Waals surface area (Å²) >= 11 is 0. The van der Waals surface area contributed by atoms with Crippen LogP contribution in [0.25, 0.3) is 20.9 Å². The Kier molecular flexibility index (Phi) is 4.36. The van der Waals surface area contributed by atoms with Gasteiger partial charge in [-0.3, -0.25) is 0 Å². The molecule has 0 saturated carbocycles. The third-order valence-electron chi connectivity index (χ3n) is 2.03. The Morgan fingerprint density at radius 3 is 1.22 bits per heavy atom. The zero-order valence-electron chi connectivity index (χ0n) is 8.61. The summed E-state index contributed by atoms with van der Waals surface area (Å²) in [5.74, 6) is -6.71. The molecule has 0 amide bonds. The van der Waals surface area contributed by atoms with Crippen LogP contribution < -0.4 is 0 Å². The second-order valence-electron chi connectivity index (χ2n) is 2.99. The Bertz CT molecular complexity index is 493. The van der Waals surface area contributed by atoms with Crippen LogP contribution in [0.4, 0.5) is 17.6 Å². The molecule has 0 bridgehead atoms. The lowest BCUT2D eigenvalue weighted by atomic mass is 10.1. The van der Waals surface area contributed by atoms with Crippen molar-refractivity contribution in [1.29, 1.82) is 0 Å². The molecule has 1 aromatic carbocycles. The Hall–Kier alpha value is -2.44. The fourth-order valence-corrected chi connectivity index (χ4v) is 1.20. The molecule has 0 aliphatic rings. The highest BCUT2D eigenvalue weighted by Gasteiger charge is 2.24. The van der Waals surface area contributed by atoms with Crippen molar-refractivity contribution < 1.29 is 17.6 Å². The van der Waals surface area contributed by atoms with Crippen molar-refractivity contribution in [3.63, 3.8) is 0 Å². The number of nitrogens with zero attached hydrogens (tertiary/aromatic N) is 6. The fraction of sp³-hybridized carbons (Fsp3) is 0.250. The largest absolute Gasteiger partial charge is 0.203 e. The predicted molar refractivity (Wildman–Crippen MR) is 52.0 cm³/mol. The van der Waals surface area contributed by atoms with E-state index in [1.54, 1.807) is 0 Å². The first-order valence-corrected chi connectivity index (χ1v) is 4.40. The molecule has 94 valence electrons. The zero-order valence-corrected chi connectivity index (χ0v) is 8.61. The van der Waals surface area contributed by atoms with E-state index in [4.69, 9.17) is 11.1 Å². The second-order valence-corrected chi connectivity index (χ2v) is 2.99. The van der Waals surface area contributed by atoms with Gasteiger partial charge in [0.1, 0.15) is 0 Å². The summed E-state index contributed by atoms with van der Waals surface area (Å²) in [7, 11) is 0. The lowest BCUT2D eigenvalue weighted by Gasteiger charge is -2.08. The van der Waals surface area contributed by atoms with Gasteiger partial charge in [0.15, 0.2) is 23.3 Å². The van der Waals surface area contributed by atoms with Gasteiger partial charge in [0.05, 0.1) is 13.1 Å². The minimum Gasteiger partial charge on any atom is -0.203 e. The van der Waals surface area contributed by atoms with Gasteiger partial charge in [-0.25, -0.2) is 17.6 Å². The summed E-state index contributed by atoms with van der Waals surface area (Å²) in [4.78, 5) is 4.45. The number of hydrogen-bond donors (Lipinski definition) is 0. The van der Waals surface area contributed by atoms with E-state index in [1.807, 2.05) is 0 Å². The minimum absolute atomic E-state index is 0.871. The molecule has 18 heavy (non-hydrogen) atoms. The summed E-state index contributed by atoms with van der Waals surface area (Å²) in [6.07, 6.45) is 0. The van der Waals surface area contributed by atoms with Gasteiger partial charge in [0, 0.05) is 21.0 Å². The van der Waals surface area contributed by atoms with Crippen LogP contribution in [0, 0.1) is 23.3 Å². The third-order valence-corrected chi connectivity index (χ3v) is 2.03. The molecule has 0 heterocycles. The van der Waals surface area contributed by atoms with Gasteiger partial charge in [-0.05, 0) is 11.1 Å². The summed E-state index contributed by atoms with van der Waals surface area (Å²) in [6, 6.07) is 0. The van der Waals surface area contributed by atoms with E-state index >= 15 is 0 Å². The summed E-state index contributed by atoms with van der Waals surface area (Å²) < 4.78 is 53.4. The van der Waals surface area contributed by atoms with Crippen molar-refractivity contribution in [2.45, 2.75) is 13.1 Å². The Morgan fingerprint density at radius 2 is 1.00 bits per heavy atom. The molecule has 0 atom stereocenters. The standard InChI is InChI=1S/C8H4F4N6/c9-5-3(1-15-17-13)6(10)8(12)4(7(5)11)2-16-18-14/h1-2H2. The number of halogens is 4. The molecular formula is C8H4F4N6. The average molecular weight is 260 g/mol. The summed E-state index contributed by atoms with van der Waals surface area (Å²) in [5.41, 5.74) is 13.9. The predicted octanol–water partition coefficient (Wildman–Crippen LogP) is 3.86. The molecule has 0 unspecified atom stereocenters. The molecule has 1 rings (SSSR count). The molecule has 0 N–H and O–H groups in total. The maximum Gasteiger partial charge on any atom is 0.165 e. The van der Waals surface area contributed by atoms with Crippen LogP contribution in [-0.4, -0.2) is 0 Å². The van der Waals surface area contributed by atoms with Gasteiger partial charge >= 0.3 is 0 Å². The van der Waals surface area contributed by atoms with Crippen LogP contribution in [-0.2, 0) is 13.1 Å². The van der Waals surface area contributed by atoms with Crippen LogP contribution in [0.5, 0.6) is 0 Å². The van der Waals surface area contributed by atoms with Gasteiger partial charge in [0.2, 0.25) is 0 Å². The van der Waals surface area contributed by atoms with Gasteiger partial charge in [-0.1, -0.05) is 10.2 Å². The van der Waals surface area contributed by atoms with Crippen LogP contribution in [0.2, 0.25) is 0 Å². The van der Waals surface area contributed by atoms with Crippen LogP contribution >= 0.6 is 0 Å². The van der Waals surface area contributed by atoms with E-state index in [1.165, 1.54) is 0 Å². The maximum atomic E-state index is 13.4. The smallest absolute Gasteiger partial charge is 0.165 e. The van der Waals surface area contributed by atoms with Gasteiger partial charge < -0.3 is 0 Å². The first-order valence-electron chi connectivity index (χ1n) is 4.40. The maximum absolute atomic E-state index is 13.4. The van der Waals surface area contributed by atoms with E-state index in [9.17, 15) is 17.6 Å². The lowest BCUT2D eigenvalue weighted by Crippen LogP contribution is -2.07. The van der Waals surface area contributed by atoms with E-state index in [-0.39, 0.29) is 0 Å². The van der Waals surface area contributed by atoms with Crippen molar-refractivity contribution >= 4 is 0 Å². The number of rotatable bonds is 4. The SMILES string of the molecule is [N-]=[N+]=NCc1c(F)c(F)c(CN=[N+]=[N-])c(F)c1F. The molecule has 0 radical (unpaired) electrons. The summed E-state index contributed by atoms with van der Waals surface area (Å²) in [6.45, 7) is -1.74. The van der Waals surface area contributed by atoms with E-state index in [0.717, 1.165) is 0 Å². The zero-order chi connectivity index (χ0) is 13.7. The van der Waals surface area contributed by atoms with Crippen molar-refractivity contribution in [3.8, 4) is 0 Å². The summed E-state index contributed by atoms with van der Waals surface area (Å²) in [5, 5.41) is 5.65. The molecule has 10 heteroatoms. The topological polar surface area (TPSA) is 97.5 Å².